The Hall–Kier alpha value is -1.90. The van der Waals surface area contributed by atoms with E-state index >= 15 is 0 Å². The highest BCUT2D eigenvalue weighted by atomic mass is 32.1. The maximum Gasteiger partial charge on any atom is 0.187 e. The molecule has 4 N–H and O–H groups in total. The van der Waals surface area contributed by atoms with E-state index in [1.165, 1.54) is 18.3 Å². The van der Waals surface area contributed by atoms with E-state index in [2.05, 4.69) is 20.7 Å². The van der Waals surface area contributed by atoms with Gasteiger partial charge in [-0.15, -0.1) is 0 Å². The number of thiocarbonyl (C=S) groups is 1. The minimum Gasteiger partial charge on any atom is -0.504 e. The molecule has 0 unspecified atom stereocenters. The summed E-state index contributed by atoms with van der Waals surface area (Å²) in [6.07, 6.45) is 1.51. The predicted molar refractivity (Wildman–Crippen MR) is 88.4 cm³/mol. The molecule has 1 aliphatic heterocycles. The van der Waals surface area contributed by atoms with Gasteiger partial charge in [0.2, 0.25) is 0 Å². The van der Waals surface area contributed by atoms with Crippen LogP contribution < -0.4 is 10.7 Å². The van der Waals surface area contributed by atoms with Crippen molar-refractivity contribution in [2.45, 2.75) is 0 Å². The monoisotopic (exact) mass is 324 g/mol. The summed E-state index contributed by atoms with van der Waals surface area (Å²) >= 11 is 5.11. The SMILES string of the molecule is Oc1ccc(/C=N/NC(=S)NCCN2CCOCC2)cc1O. The van der Waals surface area contributed by atoms with Crippen molar-refractivity contribution in [1.29, 1.82) is 0 Å². The van der Waals surface area contributed by atoms with Gasteiger partial charge in [-0.2, -0.15) is 5.10 Å². The summed E-state index contributed by atoms with van der Waals surface area (Å²) in [5, 5.41) is 26.1. The minimum atomic E-state index is -0.185. The Kier molecular flexibility index (Phi) is 6.38. The molecule has 0 atom stereocenters. The van der Waals surface area contributed by atoms with Crippen molar-refractivity contribution in [3.05, 3.63) is 23.8 Å². The van der Waals surface area contributed by atoms with Crippen molar-refractivity contribution in [3.8, 4) is 11.5 Å². The molecule has 1 aromatic rings. The van der Waals surface area contributed by atoms with Crippen molar-refractivity contribution in [2.24, 2.45) is 5.10 Å². The predicted octanol–water partition coefficient (Wildman–Crippen LogP) is 0.228. The van der Waals surface area contributed by atoms with Gasteiger partial charge >= 0.3 is 0 Å². The second kappa shape index (κ2) is 8.52. The van der Waals surface area contributed by atoms with Crippen LogP contribution in [0.5, 0.6) is 11.5 Å². The molecule has 0 aliphatic carbocycles. The molecule has 8 heteroatoms. The topological polar surface area (TPSA) is 89.4 Å². The van der Waals surface area contributed by atoms with Gasteiger partial charge in [-0.1, -0.05) is 0 Å². The number of hydrogen-bond acceptors (Lipinski definition) is 6. The normalized spacial score (nSPS) is 15.8. The summed E-state index contributed by atoms with van der Waals surface area (Å²) in [5.41, 5.74) is 3.36. The summed E-state index contributed by atoms with van der Waals surface area (Å²) in [6.45, 7) is 5.11. The lowest BCUT2D eigenvalue weighted by atomic mass is 10.2. The largest absolute Gasteiger partial charge is 0.504 e. The molecule has 1 saturated heterocycles. The van der Waals surface area contributed by atoms with Crippen LogP contribution in [0.15, 0.2) is 23.3 Å². The molecule has 0 radical (unpaired) electrons. The summed E-state index contributed by atoms with van der Waals surface area (Å²) in [5.74, 6) is -0.347. The number of phenols is 2. The molecule has 120 valence electrons. The Balaban J connectivity index is 1.66. The number of nitrogens with zero attached hydrogens (tertiary/aromatic N) is 2. The second-order valence-electron chi connectivity index (χ2n) is 4.83. The molecule has 1 aliphatic rings. The van der Waals surface area contributed by atoms with Crippen LogP contribution in [0.25, 0.3) is 0 Å². The zero-order valence-corrected chi connectivity index (χ0v) is 13.0. The summed E-state index contributed by atoms with van der Waals surface area (Å²) < 4.78 is 5.29. The molecule has 0 aromatic heterocycles. The van der Waals surface area contributed by atoms with Crippen molar-refractivity contribution in [3.63, 3.8) is 0 Å². The molecule has 2 rings (SSSR count). The first-order chi connectivity index (χ1) is 10.6. The van der Waals surface area contributed by atoms with Crippen LogP contribution in [0.3, 0.4) is 0 Å². The first-order valence-electron chi connectivity index (χ1n) is 7.04. The van der Waals surface area contributed by atoms with Crippen LogP contribution in [0.1, 0.15) is 5.56 Å². The van der Waals surface area contributed by atoms with Crippen molar-refractivity contribution >= 4 is 23.5 Å². The van der Waals surface area contributed by atoms with Gasteiger partial charge in [-0.25, -0.2) is 0 Å². The molecule has 0 bridgehead atoms. The molecular formula is C14H20N4O3S. The van der Waals surface area contributed by atoms with E-state index in [0.717, 1.165) is 39.4 Å². The summed E-state index contributed by atoms with van der Waals surface area (Å²) in [4.78, 5) is 2.31. The van der Waals surface area contributed by atoms with Crippen molar-refractivity contribution in [2.75, 3.05) is 39.4 Å². The molecular weight excluding hydrogens is 304 g/mol. The van der Waals surface area contributed by atoms with Gasteiger partial charge in [-0.05, 0) is 36.0 Å². The van der Waals surface area contributed by atoms with E-state index in [4.69, 9.17) is 17.0 Å². The van der Waals surface area contributed by atoms with E-state index in [9.17, 15) is 10.2 Å². The van der Waals surface area contributed by atoms with E-state index in [0.29, 0.717) is 10.7 Å². The van der Waals surface area contributed by atoms with Crippen LogP contribution in [0.2, 0.25) is 0 Å². The maximum atomic E-state index is 9.36. The van der Waals surface area contributed by atoms with Gasteiger partial charge in [0.15, 0.2) is 16.6 Å². The van der Waals surface area contributed by atoms with Crippen molar-refractivity contribution in [1.82, 2.24) is 15.6 Å². The Morgan fingerprint density at radius 3 is 2.82 bits per heavy atom. The molecule has 1 fully saturated rings. The van der Waals surface area contributed by atoms with Gasteiger partial charge in [0.25, 0.3) is 0 Å². The zero-order valence-electron chi connectivity index (χ0n) is 12.2. The number of hydrazone groups is 1. The quantitative estimate of drug-likeness (QED) is 0.267. The third kappa shape index (κ3) is 5.47. The van der Waals surface area contributed by atoms with E-state index in [-0.39, 0.29) is 11.5 Å². The smallest absolute Gasteiger partial charge is 0.187 e. The molecule has 0 saturated carbocycles. The number of ether oxygens (including phenoxy) is 1. The van der Waals surface area contributed by atoms with Gasteiger partial charge < -0.3 is 20.3 Å². The summed E-state index contributed by atoms with van der Waals surface area (Å²) in [6, 6.07) is 4.44. The molecule has 1 heterocycles. The Morgan fingerprint density at radius 2 is 2.09 bits per heavy atom. The van der Waals surface area contributed by atoms with Crippen molar-refractivity contribution < 1.29 is 14.9 Å². The molecule has 7 nitrogen and oxygen atoms in total. The fourth-order valence-electron chi connectivity index (χ4n) is 1.98. The Bertz CT molecular complexity index is 533. The number of phenolic OH excluding ortho intramolecular Hbond substituents is 2. The lowest BCUT2D eigenvalue weighted by Gasteiger charge is -2.26. The minimum absolute atomic E-state index is 0.162. The van der Waals surface area contributed by atoms with Gasteiger partial charge in [0.1, 0.15) is 0 Å². The Morgan fingerprint density at radius 1 is 1.32 bits per heavy atom. The molecule has 22 heavy (non-hydrogen) atoms. The van der Waals surface area contributed by atoms with Crippen LogP contribution in [-0.4, -0.2) is 65.8 Å². The number of nitrogens with one attached hydrogen (secondary N) is 2. The number of benzene rings is 1. The van der Waals surface area contributed by atoms with Gasteiger partial charge in [0, 0.05) is 26.2 Å². The highest BCUT2D eigenvalue weighted by Crippen LogP contribution is 2.23. The lowest BCUT2D eigenvalue weighted by Crippen LogP contribution is -2.42. The van der Waals surface area contributed by atoms with Crippen LogP contribution in [0.4, 0.5) is 0 Å². The molecule has 1 aromatic carbocycles. The maximum absolute atomic E-state index is 9.36. The highest BCUT2D eigenvalue weighted by Gasteiger charge is 2.09. The Labute approximate surface area is 134 Å². The number of morpholine rings is 1. The van der Waals surface area contributed by atoms with Gasteiger partial charge in [-0.3, -0.25) is 10.3 Å². The van der Waals surface area contributed by atoms with Crippen LogP contribution in [-0.2, 0) is 4.74 Å². The second-order valence-corrected chi connectivity index (χ2v) is 5.24. The van der Waals surface area contributed by atoms with E-state index in [1.54, 1.807) is 6.07 Å². The number of rotatable bonds is 5. The first-order valence-corrected chi connectivity index (χ1v) is 7.45. The number of aromatic hydroxyl groups is 2. The third-order valence-electron chi connectivity index (χ3n) is 3.20. The van der Waals surface area contributed by atoms with Crippen LogP contribution in [0, 0.1) is 0 Å². The standard InChI is InChI=1S/C14H20N4O3S/c19-12-2-1-11(9-13(12)20)10-16-17-14(22)15-3-4-18-5-7-21-8-6-18/h1-2,9-10,19-20H,3-8H2,(H2,15,17,22)/b16-10+. The first kappa shape index (κ1) is 16.5. The average Bonchev–Trinajstić information content (AvgIpc) is 2.52. The average molecular weight is 324 g/mol. The third-order valence-corrected chi connectivity index (χ3v) is 3.43. The molecule has 0 amide bonds. The van der Waals surface area contributed by atoms with E-state index < -0.39 is 0 Å². The lowest BCUT2D eigenvalue weighted by molar-refractivity contribution is 0.0389. The fourth-order valence-corrected chi connectivity index (χ4v) is 2.13. The van der Waals surface area contributed by atoms with E-state index in [1.807, 2.05) is 0 Å². The van der Waals surface area contributed by atoms with Crippen LogP contribution >= 0.6 is 12.2 Å². The number of hydrogen-bond donors (Lipinski definition) is 4. The zero-order chi connectivity index (χ0) is 15.8. The molecule has 0 spiro atoms. The fraction of sp³-hybridized carbons (Fsp3) is 0.429. The van der Waals surface area contributed by atoms with Gasteiger partial charge in [0.05, 0.1) is 19.4 Å². The summed E-state index contributed by atoms with van der Waals surface area (Å²) in [7, 11) is 0. The highest BCUT2D eigenvalue weighted by molar-refractivity contribution is 7.80.